The molecule has 0 spiro atoms. The summed E-state index contributed by atoms with van der Waals surface area (Å²) in [5, 5.41) is 2.50. The van der Waals surface area contributed by atoms with E-state index in [0.717, 1.165) is 12.8 Å². The molecule has 1 N–H and O–H groups in total. The van der Waals surface area contributed by atoms with Crippen molar-refractivity contribution >= 4 is 0 Å². The maximum Gasteiger partial charge on any atom is 0.401 e. The molecule has 0 fully saturated rings. The molecule has 0 aromatic rings. The van der Waals surface area contributed by atoms with Crippen LogP contribution in [-0.4, -0.2) is 18.8 Å². The summed E-state index contributed by atoms with van der Waals surface area (Å²) in [5.41, 5.74) is 0. The molecule has 13 heavy (non-hydrogen) atoms. The van der Waals surface area contributed by atoms with E-state index in [1.165, 1.54) is 0 Å². The normalized spacial score (nSPS) is 15.0. The summed E-state index contributed by atoms with van der Waals surface area (Å²) >= 11 is 0. The molecule has 1 atom stereocenters. The van der Waals surface area contributed by atoms with E-state index in [0.29, 0.717) is 5.92 Å². The smallest absolute Gasteiger partial charge is 0.306 e. The number of hydrogen-bond acceptors (Lipinski definition) is 1. The second-order valence-electron chi connectivity index (χ2n) is 3.36. The first kappa shape index (κ1) is 12.8. The van der Waals surface area contributed by atoms with Crippen LogP contribution in [0.1, 0.15) is 33.6 Å². The van der Waals surface area contributed by atoms with Crippen LogP contribution >= 0.6 is 0 Å². The zero-order valence-corrected chi connectivity index (χ0v) is 8.41. The molecule has 0 radical (unpaired) electrons. The first-order valence-electron chi connectivity index (χ1n) is 4.70. The summed E-state index contributed by atoms with van der Waals surface area (Å²) in [6, 6.07) is -0.0587. The van der Waals surface area contributed by atoms with E-state index in [9.17, 15) is 13.2 Å². The lowest BCUT2D eigenvalue weighted by molar-refractivity contribution is -0.126. The summed E-state index contributed by atoms with van der Waals surface area (Å²) < 4.78 is 35.5. The third-order valence-electron chi connectivity index (χ3n) is 2.38. The molecule has 0 saturated carbocycles. The van der Waals surface area contributed by atoms with Crippen molar-refractivity contribution in [1.29, 1.82) is 0 Å². The molecule has 1 nitrogen and oxygen atoms in total. The number of hydrogen-bond donors (Lipinski definition) is 1. The van der Waals surface area contributed by atoms with Gasteiger partial charge >= 0.3 is 6.18 Å². The third kappa shape index (κ3) is 5.91. The van der Waals surface area contributed by atoms with Crippen LogP contribution in [0.5, 0.6) is 0 Å². The van der Waals surface area contributed by atoms with E-state index in [1.54, 1.807) is 0 Å². The Morgan fingerprint density at radius 1 is 1.15 bits per heavy atom. The molecule has 0 aliphatic heterocycles. The van der Waals surface area contributed by atoms with Gasteiger partial charge in [-0.3, -0.25) is 0 Å². The van der Waals surface area contributed by atoms with Crippen molar-refractivity contribution in [1.82, 2.24) is 5.32 Å². The van der Waals surface area contributed by atoms with Gasteiger partial charge in [0.1, 0.15) is 0 Å². The standard InChI is InChI=1S/C9H18F3N/c1-4-8(5-2)7(3)13-6-9(10,11)12/h7-8,13H,4-6H2,1-3H3. The summed E-state index contributed by atoms with van der Waals surface area (Å²) in [6.07, 6.45) is -2.26. The van der Waals surface area contributed by atoms with Crippen LogP contribution in [0, 0.1) is 5.92 Å². The largest absolute Gasteiger partial charge is 0.401 e. The first-order chi connectivity index (χ1) is 5.90. The zero-order chi connectivity index (χ0) is 10.5. The Hall–Kier alpha value is -0.250. The summed E-state index contributed by atoms with van der Waals surface area (Å²) in [6.45, 7) is 4.92. The van der Waals surface area contributed by atoms with E-state index < -0.39 is 12.7 Å². The highest BCUT2D eigenvalue weighted by atomic mass is 19.4. The molecule has 0 heterocycles. The van der Waals surface area contributed by atoms with Gasteiger partial charge < -0.3 is 5.32 Å². The van der Waals surface area contributed by atoms with Crippen molar-refractivity contribution in [2.45, 2.75) is 45.8 Å². The highest BCUT2D eigenvalue weighted by Gasteiger charge is 2.28. The summed E-state index contributed by atoms with van der Waals surface area (Å²) in [7, 11) is 0. The topological polar surface area (TPSA) is 12.0 Å². The third-order valence-corrected chi connectivity index (χ3v) is 2.38. The quantitative estimate of drug-likeness (QED) is 0.714. The lowest BCUT2D eigenvalue weighted by Crippen LogP contribution is -2.39. The van der Waals surface area contributed by atoms with Crippen LogP contribution < -0.4 is 5.32 Å². The van der Waals surface area contributed by atoms with E-state index >= 15 is 0 Å². The molecule has 0 aliphatic rings. The maximum atomic E-state index is 11.8. The van der Waals surface area contributed by atoms with Gasteiger partial charge in [-0.15, -0.1) is 0 Å². The van der Waals surface area contributed by atoms with Gasteiger partial charge in [0, 0.05) is 6.04 Å². The van der Waals surface area contributed by atoms with Crippen molar-refractivity contribution < 1.29 is 13.2 Å². The Balaban J connectivity index is 3.78. The minimum Gasteiger partial charge on any atom is -0.306 e. The molecule has 0 aromatic heterocycles. The second kappa shape index (κ2) is 5.47. The van der Waals surface area contributed by atoms with Crippen LogP contribution in [0.25, 0.3) is 0 Å². The van der Waals surface area contributed by atoms with Gasteiger partial charge in [-0.1, -0.05) is 26.7 Å². The molecular weight excluding hydrogens is 179 g/mol. The van der Waals surface area contributed by atoms with Crippen molar-refractivity contribution in [2.75, 3.05) is 6.54 Å². The van der Waals surface area contributed by atoms with Crippen LogP contribution in [0.2, 0.25) is 0 Å². The minimum atomic E-state index is -4.10. The Morgan fingerprint density at radius 3 is 1.92 bits per heavy atom. The maximum absolute atomic E-state index is 11.8. The van der Waals surface area contributed by atoms with Crippen LogP contribution in [-0.2, 0) is 0 Å². The average Bonchev–Trinajstić information content (AvgIpc) is 2.02. The van der Waals surface area contributed by atoms with E-state index in [2.05, 4.69) is 5.32 Å². The monoisotopic (exact) mass is 197 g/mol. The zero-order valence-electron chi connectivity index (χ0n) is 8.41. The molecule has 4 heteroatoms. The van der Waals surface area contributed by atoms with Gasteiger partial charge in [-0.05, 0) is 12.8 Å². The first-order valence-corrected chi connectivity index (χ1v) is 4.70. The van der Waals surface area contributed by atoms with Crippen molar-refractivity contribution in [3.05, 3.63) is 0 Å². The van der Waals surface area contributed by atoms with E-state index in [4.69, 9.17) is 0 Å². The molecular formula is C9H18F3N. The Kier molecular flexibility index (Phi) is 5.37. The van der Waals surface area contributed by atoms with Crippen molar-refractivity contribution in [3.63, 3.8) is 0 Å². The predicted molar refractivity (Wildman–Crippen MR) is 47.6 cm³/mol. The van der Waals surface area contributed by atoms with E-state index in [1.807, 2.05) is 20.8 Å². The lowest BCUT2D eigenvalue weighted by atomic mass is 9.95. The summed E-state index contributed by atoms with van der Waals surface area (Å²) in [5.74, 6) is 0.336. The van der Waals surface area contributed by atoms with Crippen LogP contribution in [0.4, 0.5) is 13.2 Å². The Labute approximate surface area is 77.7 Å². The van der Waals surface area contributed by atoms with Gasteiger partial charge in [-0.2, -0.15) is 13.2 Å². The second-order valence-corrected chi connectivity index (χ2v) is 3.36. The lowest BCUT2D eigenvalue weighted by Gasteiger charge is -2.23. The van der Waals surface area contributed by atoms with Crippen LogP contribution in [0.15, 0.2) is 0 Å². The number of rotatable bonds is 5. The van der Waals surface area contributed by atoms with Crippen molar-refractivity contribution in [2.24, 2.45) is 5.92 Å². The minimum absolute atomic E-state index is 0.0587. The number of nitrogens with one attached hydrogen (secondary N) is 1. The highest BCUT2D eigenvalue weighted by molar-refractivity contribution is 4.71. The molecule has 0 aromatic carbocycles. The van der Waals surface area contributed by atoms with Gasteiger partial charge in [0.25, 0.3) is 0 Å². The molecule has 0 amide bonds. The SMILES string of the molecule is CCC(CC)C(C)NCC(F)(F)F. The molecule has 0 aliphatic carbocycles. The van der Waals surface area contributed by atoms with Crippen LogP contribution in [0.3, 0.4) is 0 Å². The van der Waals surface area contributed by atoms with Crippen molar-refractivity contribution in [3.8, 4) is 0 Å². The highest BCUT2D eigenvalue weighted by Crippen LogP contribution is 2.16. The van der Waals surface area contributed by atoms with E-state index in [-0.39, 0.29) is 6.04 Å². The molecule has 0 saturated heterocycles. The fourth-order valence-electron chi connectivity index (χ4n) is 1.44. The molecule has 0 rings (SSSR count). The Bertz CT molecular complexity index is 129. The summed E-state index contributed by atoms with van der Waals surface area (Å²) in [4.78, 5) is 0. The number of halogens is 3. The van der Waals surface area contributed by atoms with Gasteiger partial charge in [0.2, 0.25) is 0 Å². The fraction of sp³-hybridized carbons (Fsp3) is 1.00. The molecule has 1 unspecified atom stereocenters. The molecule has 80 valence electrons. The average molecular weight is 197 g/mol. The van der Waals surface area contributed by atoms with Gasteiger partial charge in [0.15, 0.2) is 0 Å². The van der Waals surface area contributed by atoms with Gasteiger partial charge in [0.05, 0.1) is 6.54 Å². The fourth-order valence-corrected chi connectivity index (χ4v) is 1.44. The molecule has 0 bridgehead atoms. The van der Waals surface area contributed by atoms with Gasteiger partial charge in [-0.25, -0.2) is 0 Å². The Morgan fingerprint density at radius 2 is 1.62 bits per heavy atom. The predicted octanol–water partition coefficient (Wildman–Crippen LogP) is 2.96. The number of alkyl halides is 3.